The SMILES string of the molecule is CN(C)c1cc(C(C)(C)C)nc(SCc2cccc(C(=O)[O-])c2)n1. The van der Waals surface area contributed by atoms with Gasteiger partial charge >= 0.3 is 0 Å². The number of rotatable bonds is 5. The largest absolute Gasteiger partial charge is 0.545 e. The molecule has 0 aliphatic heterocycles. The van der Waals surface area contributed by atoms with Gasteiger partial charge in [-0.15, -0.1) is 0 Å². The van der Waals surface area contributed by atoms with Crippen LogP contribution in [0.15, 0.2) is 35.5 Å². The van der Waals surface area contributed by atoms with Crippen molar-refractivity contribution in [1.29, 1.82) is 0 Å². The van der Waals surface area contributed by atoms with E-state index in [1.807, 2.05) is 31.1 Å². The number of hydrogen-bond donors (Lipinski definition) is 0. The molecule has 1 aromatic heterocycles. The molecule has 0 bridgehead atoms. The van der Waals surface area contributed by atoms with Gasteiger partial charge in [0.1, 0.15) is 5.82 Å². The first kappa shape index (κ1) is 18.3. The van der Waals surface area contributed by atoms with E-state index in [1.165, 1.54) is 17.8 Å². The van der Waals surface area contributed by atoms with Gasteiger partial charge in [-0.2, -0.15) is 0 Å². The fourth-order valence-electron chi connectivity index (χ4n) is 2.03. The highest BCUT2D eigenvalue weighted by Gasteiger charge is 2.18. The van der Waals surface area contributed by atoms with Crippen molar-refractivity contribution in [3.8, 4) is 0 Å². The number of carbonyl (C=O) groups excluding carboxylic acids is 1. The van der Waals surface area contributed by atoms with Crippen LogP contribution in [0.25, 0.3) is 0 Å². The second kappa shape index (κ2) is 7.21. The molecule has 0 amide bonds. The minimum Gasteiger partial charge on any atom is -0.545 e. The molecule has 0 saturated heterocycles. The standard InChI is InChI=1S/C18H23N3O2S/c1-18(2,3)14-10-15(21(4)5)20-17(19-14)24-11-12-7-6-8-13(9-12)16(22)23/h6-10H,11H2,1-5H3,(H,22,23)/p-1. The Morgan fingerprint density at radius 3 is 2.50 bits per heavy atom. The molecule has 0 aliphatic rings. The first-order valence-electron chi connectivity index (χ1n) is 7.67. The average molecular weight is 344 g/mol. The third-order valence-corrected chi connectivity index (χ3v) is 4.37. The first-order valence-corrected chi connectivity index (χ1v) is 8.65. The summed E-state index contributed by atoms with van der Waals surface area (Å²) in [5.74, 6) is 0.297. The summed E-state index contributed by atoms with van der Waals surface area (Å²) in [6.45, 7) is 6.35. The lowest BCUT2D eigenvalue weighted by Crippen LogP contribution is -2.22. The van der Waals surface area contributed by atoms with Crippen LogP contribution in [0, 0.1) is 0 Å². The van der Waals surface area contributed by atoms with Crippen LogP contribution in [-0.2, 0) is 11.2 Å². The van der Waals surface area contributed by atoms with Gasteiger partial charge in [-0.1, -0.05) is 50.7 Å². The Morgan fingerprint density at radius 2 is 1.92 bits per heavy atom. The normalized spacial score (nSPS) is 11.4. The number of aromatic carboxylic acids is 1. The molecule has 24 heavy (non-hydrogen) atoms. The van der Waals surface area contributed by atoms with Crippen LogP contribution in [0.4, 0.5) is 5.82 Å². The van der Waals surface area contributed by atoms with E-state index in [0.29, 0.717) is 10.9 Å². The molecule has 1 aromatic carbocycles. The number of aromatic nitrogens is 2. The molecule has 6 heteroatoms. The van der Waals surface area contributed by atoms with Gasteiger partial charge in [-0.3, -0.25) is 0 Å². The number of nitrogens with zero attached hydrogens (tertiary/aromatic N) is 3. The quantitative estimate of drug-likeness (QED) is 0.613. The Balaban J connectivity index is 2.24. The maximum Gasteiger partial charge on any atom is 0.190 e. The smallest absolute Gasteiger partial charge is 0.190 e. The number of benzene rings is 1. The van der Waals surface area contributed by atoms with Crippen LogP contribution < -0.4 is 10.0 Å². The molecule has 2 rings (SSSR count). The molecule has 0 N–H and O–H groups in total. The fourth-order valence-corrected chi connectivity index (χ4v) is 2.82. The maximum atomic E-state index is 11.0. The summed E-state index contributed by atoms with van der Waals surface area (Å²) >= 11 is 1.49. The van der Waals surface area contributed by atoms with Crippen LogP contribution in [-0.4, -0.2) is 30.0 Å². The lowest BCUT2D eigenvalue weighted by molar-refractivity contribution is -0.255. The summed E-state index contributed by atoms with van der Waals surface area (Å²) in [6.07, 6.45) is 0. The van der Waals surface area contributed by atoms with Gasteiger partial charge in [0.25, 0.3) is 0 Å². The van der Waals surface area contributed by atoms with Gasteiger partial charge in [0, 0.05) is 31.3 Å². The third kappa shape index (κ3) is 4.71. The van der Waals surface area contributed by atoms with Crippen LogP contribution in [0.2, 0.25) is 0 Å². The molecule has 0 saturated carbocycles. The first-order chi connectivity index (χ1) is 11.2. The van der Waals surface area contributed by atoms with Crippen LogP contribution in [0.3, 0.4) is 0 Å². The van der Waals surface area contributed by atoms with E-state index >= 15 is 0 Å². The van der Waals surface area contributed by atoms with E-state index in [9.17, 15) is 9.90 Å². The zero-order valence-electron chi connectivity index (χ0n) is 14.7. The minimum absolute atomic E-state index is 0.0715. The van der Waals surface area contributed by atoms with Crippen LogP contribution in [0.1, 0.15) is 42.4 Å². The van der Waals surface area contributed by atoms with E-state index < -0.39 is 5.97 Å². The summed E-state index contributed by atoms with van der Waals surface area (Å²) in [5, 5.41) is 11.6. The average Bonchev–Trinajstić information content (AvgIpc) is 2.52. The monoisotopic (exact) mass is 344 g/mol. The zero-order valence-corrected chi connectivity index (χ0v) is 15.5. The molecule has 0 atom stereocenters. The second-order valence-electron chi connectivity index (χ2n) is 6.81. The Kier molecular flexibility index (Phi) is 5.49. The lowest BCUT2D eigenvalue weighted by Gasteiger charge is -2.21. The van der Waals surface area contributed by atoms with Gasteiger partial charge in [0.05, 0.1) is 11.7 Å². The Morgan fingerprint density at radius 1 is 1.21 bits per heavy atom. The van der Waals surface area contributed by atoms with Crippen molar-refractivity contribution >= 4 is 23.5 Å². The Hall–Kier alpha value is -2.08. The zero-order chi connectivity index (χ0) is 17.9. The van der Waals surface area contributed by atoms with Crippen molar-refractivity contribution in [2.45, 2.75) is 37.1 Å². The Bertz CT molecular complexity index is 739. The maximum absolute atomic E-state index is 11.0. The van der Waals surface area contributed by atoms with Crippen molar-refractivity contribution in [2.75, 3.05) is 19.0 Å². The van der Waals surface area contributed by atoms with E-state index in [1.54, 1.807) is 12.1 Å². The number of carboxylic acids is 1. The van der Waals surface area contributed by atoms with Crippen molar-refractivity contribution in [3.05, 3.63) is 47.2 Å². The highest BCUT2D eigenvalue weighted by atomic mass is 32.2. The van der Waals surface area contributed by atoms with E-state index in [4.69, 9.17) is 0 Å². The summed E-state index contributed by atoms with van der Waals surface area (Å²) in [6, 6.07) is 8.77. The van der Waals surface area contributed by atoms with Gasteiger partial charge in [0.15, 0.2) is 5.16 Å². The fraction of sp³-hybridized carbons (Fsp3) is 0.389. The summed E-state index contributed by atoms with van der Waals surface area (Å²) < 4.78 is 0. The lowest BCUT2D eigenvalue weighted by atomic mass is 9.92. The van der Waals surface area contributed by atoms with Gasteiger partial charge < -0.3 is 14.8 Å². The van der Waals surface area contributed by atoms with Crippen LogP contribution in [0.5, 0.6) is 0 Å². The van der Waals surface area contributed by atoms with E-state index in [-0.39, 0.29) is 11.0 Å². The highest BCUT2D eigenvalue weighted by molar-refractivity contribution is 7.98. The summed E-state index contributed by atoms with van der Waals surface area (Å²) in [4.78, 5) is 22.1. The molecule has 0 aliphatic carbocycles. The summed E-state index contributed by atoms with van der Waals surface area (Å²) in [7, 11) is 3.90. The van der Waals surface area contributed by atoms with Crippen molar-refractivity contribution in [1.82, 2.24) is 9.97 Å². The number of carbonyl (C=O) groups is 1. The van der Waals surface area contributed by atoms with Crippen molar-refractivity contribution < 1.29 is 9.90 Å². The molecule has 5 nitrogen and oxygen atoms in total. The number of thioether (sulfide) groups is 1. The van der Waals surface area contributed by atoms with Gasteiger partial charge in [-0.05, 0) is 17.2 Å². The van der Waals surface area contributed by atoms with Crippen molar-refractivity contribution in [3.63, 3.8) is 0 Å². The molecule has 0 spiro atoms. The van der Waals surface area contributed by atoms with Gasteiger partial charge in [0.2, 0.25) is 0 Å². The summed E-state index contributed by atoms with van der Waals surface area (Å²) in [5.41, 5.74) is 1.99. The molecular weight excluding hydrogens is 322 g/mol. The topological polar surface area (TPSA) is 69.2 Å². The molecule has 2 aromatic rings. The molecule has 0 fully saturated rings. The molecule has 1 heterocycles. The highest BCUT2D eigenvalue weighted by Crippen LogP contribution is 2.27. The minimum atomic E-state index is -1.16. The van der Waals surface area contributed by atoms with E-state index in [0.717, 1.165) is 17.1 Å². The molecule has 128 valence electrons. The number of anilines is 1. The third-order valence-electron chi connectivity index (χ3n) is 3.45. The number of hydrogen-bond acceptors (Lipinski definition) is 6. The predicted octanol–water partition coefficient (Wildman–Crippen LogP) is 2.50. The van der Waals surface area contributed by atoms with Gasteiger partial charge in [-0.25, -0.2) is 9.97 Å². The van der Waals surface area contributed by atoms with Crippen LogP contribution >= 0.6 is 11.8 Å². The molecular formula is C18H22N3O2S-. The van der Waals surface area contributed by atoms with E-state index in [2.05, 4.69) is 30.7 Å². The Labute approximate surface area is 147 Å². The van der Waals surface area contributed by atoms with Crippen molar-refractivity contribution in [2.24, 2.45) is 0 Å². The number of carboxylic acid groups (broad SMARTS) is 1. The molecule has 0 unspecified atom stereocenters. The second-order valence-corrected chi connectivity index (χ2v) is 7.76. The molecule has 0 radical (unpaired) electrons. The predicted molar refractivity (Wildman–Crippen MR) is 95.4 cm³/mol.